The van der Waals surface area contributed by atoms with E-state index in [2.05, 4.69) is 10.1 Å². The second-order valence-corrected chi connectivity index (χ2v) is 4.14. The number of morpholine rings is 1. The second kappa shape index (κ2) is 3.92. The van der Waals surface area contributed by atoms with E-state index < -0.39 is 18.1 Å². The Balaban J connectivity index is 1.88. The molecule has 1 N–H and O–H groups in total. The van der Waals surface area contributed by atoms with Crippen molar-refractivity contribution < 1.29 is 22.6 Å². The van der Waals surface area contributed by atoms with Crippen LogP contribution in [0.25, 0.3) is 0 Å². The Bertz CT molecular complexity index is 226. The largest absolute Gasteiger partial charge is 0.522 e. The molecule has 1 saturated heterocycles. The van der Waals surface area contributed by atoms with Gasteiger partial charge in [-0.25, -0.2) is 0 Å². The second-order valence-electron chi connectivity index (χ2n) is 4.14. The predicted octanol–water partition coefficient (Wildman–Crippen LogP) is 1.43. The first-order valence-corrected chi connectivity index (χ1v) is 5.08. The van der Waals surface area contributed by atoms with Crippen molar-refractivity contribution >= 4 is 0 Å². The standard InChI is InChI=1S/C9H14F3NO2/c10-9(11,12)15-7-1-2-8(5-7)6-13-3-4-14-8/h7,13H,1-6H2. The SMILES string of the molecule is FC(F)(F)OC1CCC2(CNCCO2)C1. The molecule has 15 heavy (non-hydrogen) atoms. The van der Waals surface area contributed by atoms with E-state index in [1.807, 2.05) is 0 Å². The van der Waals surface area contributed by atoms with Crippen molar-refractivity contribution in [3.63, 3.8) is 0 Å². The molecule has 0 aromatic rings. The van der Waals surface area contributed by atoms with Crippen LogP contribution in [0.15, 0.2) is 0 Å². The van der Waals surface area contributed by atoms with Gasteiger partial charge >= 0.3 is 6.36 Å². The van der Waals surface area contributed by atoms with Crippen LogP contribution in [-0.2, 0) is 9.47 Å². The fraction of sp³-hybridized carbons (Fsp3) is 1.00. The maximum Gasteiger partial charge on any atom is 0.522 e. The molecule has 2 atom stereocenters. The lowest BCUT2D eigenvalue weighted by Gasteiger charge is -2.34. The molecule has 1 heterocycles. The molecule has 0 bridgehead atoms. The van der Waals surface area contributed by atoms with Crippen molar-refractivity contribution in [3.05, 3.63) is 0 Å². The molecular formula is C9H14F3NO2. The van der Waals surface area contributed by atoms with Crippen LogP contribution in [0, 0.1) is 0 Å². The summed E-state index contributed by atoms with van der Waals surface area (Å²) in [6, 6.07) is 0. The van der Waals surface area contributed by atoms with E-state index in [9.17, 15) is 13.2 Å². The molecule has 2 unspecified atom stereocenters. The molecule has 2 aliphatic rings. The molecule has 2 rings (SSSR count). The summed E-state index contributed by atoms with van der Waals surface area (Å²) >= 11 is 0. The third-order valence-corrected chi connectivity index (χ3v) is 2.96. The van der Waals surface area contributed by atoms with Gasteiger partial charge in [0.2, 0.25) is 0 Å². The molecule has 1 aliphatic heterocycles. The van der Waals surface area contributed by atoms with Crippen LogP contribution in [0.2, 0.25) is 0 Å². The van der Waals surface area contributed by atoms with E-state index in [1.165, 1.54) is 0 Å². The van der Waals surface area contributed by atoms with E-state index in [0.29, 0.717) is 32.4 Å². The Morgan fingerprint density at radius 1 is 1.40 bits per heavy atom. The lowest BCUT2D eigenvalue weighted by atomic mass is 10.0. The van der Waals surface area contributed by atoms with Crippen LogP contribution >= 0.6 is 0 Å². The summed E-state index contributed by atoms with van der Waals surface area (Å²) in [4.78, 5) is 0. The maximum absolute atomic E-state index is 12.0. The summed E-state index contributed by atoms with van der Waals surface area (Å²) in [7, 11) is 0. The average molecular weight is 225 g/mol. The highest BCUT2D eigenvalue weighted by molar-refractivity contribution is 4.95. The van der Waals surface area contributed by atoms with Gasteiger partial charge in [0.15, 0.2) is 0 Å². The van der Waals surface area contributed by atoms with Gasteiger partial charge in [-0.15, -0.1) is 13.2 Å². The van der Waals surface area contributed by atoms with Gasteiger partial charge in [0.1, 0.15) is 0 Å². The Morgan fingerprint density at radius 2 is 2.20 bits per heavy atom. The zero-order valence-corrected chi connectivity index (χ0v) is 8.27. The predicted molar refractivity (Wildman–Crippen MR) is 46.3 cm³/mol. The van der Waals surface area contributed by atoms with Gasteiger partial charge in [-0.2, -0.15) is 0 Å². The summed E-state index contributed by atoms with van der Waals surface area (Å²) in [5, 5.41) is 3.14. The minimum atomic E-state index is -4.53. The van der Waals surface area contributed by atoms with Crippen LogP contribution in [-0.4, -0.2) is 37.8 Å². The monoisotopic (exact) mass is 225 g/mol. The quantitative estimate of drug-likeness (QED) is 0.732. The highest BCUT2D eigenvalue weighted by atomic mass is 19.4. The third-order valence-electron chi connectivity index (χ3n) is 2.96. The van der Waals surface area contributed by atoms with Crippen molar-refractivity contribution in [2.75, 3.05) is 19.7 Å². The Labute approximate surface area is 85.9 Å². The summed E-state index contributed by atoms with van der Waals surface area (Å²) in [6.45, 7) is 1.97. The molecule has 6 heteroatoms. The number of nitrogens with one attached hydrogen (secondary N) is 1. The molecule has 2 fully saturated rings. The molecule has 0 radical (unpaired) electrons. The fourth-order valence-corrected chi connectivity index (χ4v) is 2.33. The fourth-order valence-electron chi connectivity index (χ4n) is 2.33. The first kappa shape index (κ1) is 11.2. The van der Waals surface area contributed by atoms with Gasteiger partial charge < -0.3 is 10.1 Å². The highest BCUT2D eigenvalue weighted by Crippen LogP contribution is 2.38. The summed E-state index contributed by atoms with van der Waals surface area (Å²) < 4.78 is 45.5. The summed E-state index contributed by atoms with van der Waals surface area (Å²) in [6.07, 6.45) is -3.88. The van der Waals surface area contributed by atoms with Gasteiger partial charge in [-0.1, -0.05) is 0 Å². The van der Waals surface area contributed by atoms with Crippen molar-refractivity contribution in [2.45, 2.75) is 37.3 Å². The van der Waals surface area contributed by atoms with Gasteiger partial charge in [0.25, 0.3) is 0 Å². The zero-order chi connectivity index (χ0) is 10.9. The average Bonchev–Trinajstić information content (AvgIpc) is 2.47. The van der Waals surface area contributed by atoms with Crippen molar-refractivity contribution in [3.8, 4) is 0 Å². The molecule has 1 saturated carbocycles. The van der Waals surface area contributed by atoms with Crippen LogP contribution in [0.3, 0.4) is 0 Å². The smallest absolute Gasteiger partial charge is 0.372 e. The number of alkyl halides is 3. The Hall–Kier alpha value is -0.330. The summed E-state index contributed by atoms with van der Waals surface area (Å²) in [5.41, 5.74) is -0.422. The lowest BCUT2D eigenvalue weighted by molar-refractivity contribution is -0.342. The van der Waals surface area contributed by atoms with E-state index in [0.717, 1.165) is 6.54 Å². The van der Waals surface area contributed by atoms with Gasteiger partial charge in [0.05, 0.1) is 18.3 Å². The number of rotatable bonds is 1. The van der Waals surface area contributed by atoms with Crippen LogP contribution in [0.5, 0.6) is 0 Å². The van der Waals surface area contributed by atoms with E-state index >= 15 is 0 Å². The molecule has 1 aliphatic carbocycles. The first-order valence-electron chi connectivity index (χ1n) is 5.08. The van der Waals surface area contributed by atoms with Gasteiger partial charge in [-0.3, -0.25) is 4.74 Å². The van der Waals surface area contributed by atoms with Crippen LogP contribution in [0.1, 0.15) is 19.3 Å². The Kier molecular flexibility index (Phi) is 2.92. The number of hydrogen-bond acceptors (Lipinski definition) is 3. The number of hydrogen-bond donors (Lipinski definition) is 1. The normalized spacial score (nSPS) is 37.4. The lowest BCUT2D eigenvalue weighted by Crippen LogP contribution is -2.48. The van der Waals surface area contributed by atoms with Crippen LogP contribution in [0.4, 0.5) is 13.2 Å². The maximum atomic E-state index is 12.0. The van der Waals surface area contributed by atoms with Crippen molar-refractivity contribution in [2.24, 2.45) is 0 Å². The number of halogens is 3. The number of ether oxygens (including phenoxy) is 2. The van der Waals surface area contributed by atoms with Crippen LogP contribution < -0.4 is 5.32 Å². The molecule has 88 valence electrons. The molecular weight excluding hydrogens is 211 g/mol. The zero-order valence-electron chi connectivity index (χ0n) is 8.27. The van der Waals surface area contributed by atoms with E-state index in [-0.39, 0.29) is 0 Å². The Morgan fingerprint density at radius 3 is 2.80 bits per heavy atom. The van der Waals surface area contributed by atoms with Gasteiger partial charge in [0, 0.05) is 19.5 Å². The summed E-state index contributed by atoms with van der Waals surface area (Å²) in [5.74, 6) is 0. The third kappa shape index (κ3) is 2.83. The topological polar surface area (TPSA) is 30.5 Å². The van der Waals surface area contributed by atoms with Gasteiger partial charge in [-0.05, 0) is 12.8 Å². The van der Waals surface area contributed by atoms with Crippen molar-refractivity contribution in [1.29, 1.82) is 0 Å². The molecule has 0 aromatic carbocycles. The highest BCUT2D eigenvalue weighted by Gasteiger charge is 2.45. The van der Waals surface area contributed by atoms with Crippen molar-refractivity contribution in [1.82, 2.24) is 5.32 Å². The van der Waals surface area contributed by atoms with E-state index in [1.54, 1.807) is 0 Å². The molecule has 1 spiro atoms. The molecule has 0 amide bonds. The molecule has 3 nitrogen and oxygen atoms in total. The molecule has 0 aromatic heterocycles. The minimum Gasteiger partial charge on any atom is -0.372 e. The first-order chi connectivity index (χ1) is 6.99. The minimum absolute atomic E-state index is 0.333. The van der Waals surface area contributed by atoms with E-state index in [4.69, 9.17) is 4.74 Å².